The van der Waals surface area contributed by atoms with Crippen molar-refractivity contribution in [1.29, 1.82) is 0 Å². The number of aliphatic carboxylic acids is 1. The molecule has 0 spiro atoms. The van der Waals surface area contributed by atoms with Gasteiger partial charge in [0.1, 0.15) is 0 Å². The minimum Gasteiger partial charge on any atom is -0.481 e. The maximum Gasteiger partial charge on any atom is 0.311 e. The minimum absolute atomic E-state index is 0.0117. The number of nitrogens with zero attached hydrogens (tertiary/aromatic N) is 1. The van der Waals surface area contributed by atoms with E-state index in [-0.39, 0.29) is 30.4 Å². The second-order valence-corrected chi connectivity index (χ2v) is 6.07. The van der Waals surface area contributed by atoms with Crippen molar-refractivity contribution in [3.8, 4) is 0 Å². The summed E-state index contributed by atoms with van der Waals surface area (Å²) in [7, 11) is 0. The zero-order chi connectivity index (χ0) is 16.5. The molecule has 0 bridgehead atoms. The van der Waals surface area contributed by atoms with E-state index in [1.807, 2.05) is 13.8 Å². The van der Waals surface area contributed by atoms with Gasteiger partial charge in [0.25, 0.3) is 0 Å². The van der Waals surface area contributed by atoms with Crippen LogP contribution in [0.1, 0.15) is 25.8 Å². The number of benzene rings is 1. The molecule has 1 fully saturated rings. The topological polar surface area (TPSA) is 57.6 Å². The van der Waals surface area contributed by atoms with Gasteiger partial charge in [-0.05, 0) is 18.4 Å². The normalized spacial score (nSPS) is 21.4. The second-order valence-electron chi connectivity index (χ2n) is 6.07. The van der Waals surface area contributed by atoms with Gasteiger partial charge in [-0.2, -0.15) is 0 Å². The molecule has 6 heteroatoms. The molecule has 1 aliphatic heterocycles. The molecular weight excluding hydrogens is 292 g/mol. The molecule has 0 aromatic heterocycles. The first-order valence-corrected chi connectivity index (χ1v) is 7.22. The van der Waals surface area contributed by atoms with E-state index in [2.05, 4.69) is 0 Å². The third-order valence-electron chi connectivity index (χ3n) is 4.56. The van der Waals surface area contributed by atoms with Gasteiger partial charge in [0.2, 0.25) is 5.91 Å². The lowest BCUT2D eigenvalue weighted by atomic mass is 9.76. The van der Waals surface area contributed by atoms with Crippen molar-refractivity contribution in [2.45, 2.75) is 26.7 Å². The zero-order valence-corrected chi connectivity index (χ0v) is 12.6. The molecular formula is C16H19F2NO3. The van der Waals surface area contributed by atoms with Crippen LogP contribution in [0.3, 0.4) is 0 Å². The molecule has 1 amide bonds. The highest BCUT2D eigenvalue weighted by Gasteiger charge is 2.48. The van der Waals surface area contributed by atoms with Crippen molar-refractivity contribution in [2.24, 2.45) is 11.3 Å². The predicted octanol–water partition coefficient (Wildman–Crippen LogP) is 2.47. The molecule has 0 radical (unpaired) electrons. The van der Waals surface area contributed by atoms with Gasteiger partial charge in [-0.25, -0.2) is 8.78 Å². The smallest absolute Gasteiger partial charge is 0.311 e. The molecule has 0 saturated carbocycles. The van der Waals surface area contributed by atoms with Crippen molar-refractivity contribution in [3.63, 3.8) is 0 Å². The van der Waals surface area contributed by atoms with E-state index >= 15 is 0 Å². The summed E-state index contributed by atoms with van der Waals surface area (Å²) in [5.41, 5.74) is -0.974. The average Bonchev–Trinajstić information content (AvgIpc) is 2.90. The van der Waals surface area contributed by atoms with Crippen molar-refractivity contribution in [1.82, 2.24) is 4.90 Å². The summed E-state index contributed by atoms with van der Waals surface area (Å²) in [5.74, 6) is -3.44. The number of rotatable bonds is 4. The molecule has 1 aromatic rings. The summed E-state index contributed by atoms with van der Waals surface area (Å²) >= 11 is 0. The number of hydrogen-bond donors (Lipinski definition) is 1. The SMILES string of the molecule is CC(C)C1(C(=O)O)CCN(C(=O)Cc2cccc(F)c2F)C1. The largest absolute Gasteiger partial charge is 0.481 e. The summed E-state index contributed by atoms with van der Waals surface area (Å²) in [4.78, 5) is 25.2. The van der Waals surface area contributed by atoms with E-state index in [0.29, 0.717) is 13.0 Å². The standard InChI is InChI=1S/C16H19F2NO3/c1-10(2)16(15(21)22)6-7-19(9-16)13(20)8-11-4-3-5-12(17)14(11)18/h3-5,10H,6-9H2,1-2H3,(H,21,22). The van der Waals surface area contributed by atoms with Crippen molar-refractivity contribution in [3.05, 3.63) is 35.4 Å². The molecule has 0 aliphatic carbocycles. The van der Waals surface area contributed by atoms with Gasteiger partial charge in [0, 0.05) is 18.7 Å². The number of carboxylic acids is 1. The maximum atomic E-state index is 13.6. The first kappa shape index (κ1) is 16.4. The van der Waals surface area contributed by atoms with Crippen molar-refractivity contribution in [2.75, 3.05) is 13.1 Å². The van der Waals surface area contributed by atoms with Gasteiger partial charge in [-0.3, -0.25) is 9.59 Å². The highest BCUT2D eigenvalue weighted by Crippen LogP contribution is 2.38. The third kappa shape index (κ3) is 2.82. The number of hydrogen-bond acceptors (Lipinski definition) is 2. The minimum atomic E-state index is -1.02. The van der Waals surface area contributed by atoms with Crippen LogP contribution in [0, 0.1) is 23.0 Å². The second kappa shape index (κ2) is 6.02. The van der Waals surface area contributed by atoms with Crippen LogP contribution in [0.5, 0.6) is 0 Å². The Morgan fingerprint density at radius 1 is 1.36 bits per heavy atom. The molecule has 1 heterocycles. The molecule has 1 N–H and O–H groups in total. The van der Waals surface area contributed by atoms with E-state index in [1.165, 1.54) is 17.0 Å². The summed E-state index contributed by atoms with van der Waals surface area (Å²) in [6.07, 6.45) is 0.106. The number of likely N-dealkylation sites (tertiary alicyclic amines) is 1. The number of amides is 1. The Hall–Kier alpha value is -1.98. The maximum absolute atomic E-state index is 13.6. The molecule has 22 heavy (non-hydrogen) atoms. The van der Waals surface area contributed by atoms with Crippen LogP contribution in [0.4, 0.5) is 8.78 Å². The molecule has 4 nitrogen and oxygen atoms in total. The average molecular weight is 311 g/mol. The fraction of sp³-hybridized carbons (Fsp3) is 0.500. The number of carboxylic acid groups (broad SMARTS) is 1. The summed E-state index contributed by atoms with van der Waals surface area (Å²) in [5, 5.41) is 9.46. The number of halogens is 2. The van der Waals surface area contributed by atoms with Gasteiger partial charge in [0.05, 0.1) is 11.8 Å². The van der Waals surface area contributed by atoms with E-state index < -0.39 is 23.0 Å². The Morgan fingerprint density at radius 2 is 2.05 bits per heavy atom. The van der Waals surface area contributed by atoms with E-state index in [9.17, 15) is 23.5 Å². The van der Waals surface area contributed by atoms with Crippen LogP contribution >= 0.6 is 0 Å². The Balaban J connectivity index is 2.12. The first-order valence-electron chi connectivity index (χ1n) is 7.22. The molecule has 1 aliphatic rings. The van der Waals surface area contributed by atoms with Crippen LogP contribution in [0.2, 0.25) is 0 Å². The quantitative estimate of drug-likeness (QED) is 0.929. The van der Waals surface area contributed by atoms with Gasteiger partial charge in [-0.1, -0.05) is 26.0 Å². The summed E-state index contributed by atoms with van der Waals surface area (Å²) in [6.45, 7) is 4.05. The number of carbonyl (C=O) groups excluding carboxylic acids is 1. The Labute approximate surface area is 127 Å². The van der Waals surface area contributed by atoms with E-state index in [4.69, 9.17) is 0 Å². The Morgan fingerprint density at radius 3 is 2.59 bits per heavy atom. The van der Waals surface area contributed by atoms with Crippen LogP contribution < -0.4 is 0 Å². The van der Waals surface area contributed by atoms with Gasteiger partial charge >= 0.3 is 5.97 Å². The van der Waals surface area contributed by atoms with Crippen molar-refractivity contribution < 1.29 is 23.5 Å². The van der Waals surface area contributed by atoms with Crippen LogP contribution in [0.15, 0.2) is 18.2 Å². The summed E-state index contributed by atoms with van der Waals surface area (Å²) in [6, 6.07) is 3.70. The van der Waals surface area contributed by atoms with Gasteiger partial charge < -0.3 is 10.0 Å². The zero-order valence-electron chi connectivity index (χ0n) is 12.6. The monoisotopic (exact) mass is 311 g/mol. The van der Waals surface area contributed by atoms with E-state index in [0.717, 1.165) is 6.07 Å². The molecule has 1 atom stereocenters. The molecule has 1 aromatic carbocycles. The molecule has 1 unspecified atom stereocenters. The highest BCUT2D eigenvalue weighted by atomic mass is 19.2. The fourth-order valence-electron chi connectivity index (χ4n) is 2.90. The van der Waals surface area contributed by atoms with Crippen LogP contribution in [-0.4, -0.2) is 35.0 Å². The first-order chi connectivity index (χ1) is 10.3. The molecule has 120 valence electrons. The van der Waals surface area contributed by atoms with Crippen LogP contribution in [0.25, 0.3) is 0 Å². The molecule has 2 rings (SSSR count). The predicted molar refractivity (Wildman–Crippen MR) is 76.2 cm³/mol. The van der Waals surface area contributed by atoms with Gasteiger partial charge in [0.15, 0.2) is 11.6 Å². The number of carbonyl (C=O) groups is 2. The lowest BCUT2D eigenvalue weighted by molar-refractivity contribution is -0.151. The lowest BCUT2D eigenvalue weighted by Crippen LogP contribution is -2.41. The van der Waals surface area contributed by atoms with E-state index in [1.54, 1.807) is 0 Å². The molecule has 1 saturated heterocycles. The Kier molecular flexibility index (Phi) is 4.49. The lowest BCUT2D eigenvalue weighted by Gasteiger charge is -2.28. The summed E-state index contributed by atoms with van der Waals surface area (Å²) < 4.78 is 26.8. The third-order valence-corrected chi connectivity index (χ3v) is 4.56. The fourth-order valence-corrected chi connectivity index (χ4v) is 2.90. The highest BCUT2D eigenvalue weighted by molar-refractivity contribution is 5.82. The van der Waals surface area contributed by atoms with Gasteiger partial charge in [-0.15, -0.1) is 0 Å². The van der Waals surface area contributed by atoms with Crippen LogP contribution in [-0.2, 0) is 16.0 Å². The van der Waals surface area contributed by atoms with Crippen molar-refractivity contribution >= 4 is 11.9 Å². The Bertz CT molecular complexity index is 603.